The number of hydrogen-bond donors (Lipinski definition) is 1. The number of carbonyl (C=O) groups excluding carboxylic acids is 1. The first-order valence-corrected chi connectivity index (χ1v) is 7.93. The number of benzene rings is 1. The van der Waals surface area contributed by atoms with Crippen LogP contribution in [0.25, 0.3) is 11.4 Å². The van der Waals surface area contributed by atoms with E-state index in [4.69, 9.17) is 14.0 Å². The zero-order valence-electron chi connectivity index (χ0n) is 13.3. The summed E-state index contributed by atoms with van der Waals surface area (Å²) >= 11 is 0. The summed E-state index contributed by atoms with van der Waals surface area (Å²) in [6.45, 7) is 1.54. The molecule has 1 fully saturated rings. The fourth-order valence-corrected chi connectivity index (χ4v) is 3.12. The van der Waals surface area contributed by atoms with E-state index in [1.54, 1.807) is 7.05 Å². The van der Waals surface area contributed by atoms with Gasteiger partial charge in [0, 0.05) is 12.6 Å². The first-order valence-electron chi connectivity index (χ1n) is 7.93. The zero-order chi connectivity index (χ0) is 16.5. The number of carbonyl (C=O) groups is 1. The maximum atomic E-state index is 11.9. The lowest BCUT2D eigenvalue weighted by Crippen LogP contribution is -2.41. The first-order chi connectivity index (χ1) is 11.7. The molecule has 1 saturated heterocycles. The van der Waals surface area contributed by atoms with Crippen LogP contribution in [0, 0.1) is 0 Å². The highest BCUT2D eigenvalue weighted by atomic mass is 16.7. The summed E-state index contributed by atoms with van der Waals surface area (Å²) in [5, 5.41) is 6.74. The van der Waals surface area contributed by atoms with E-state index in [-0.39, 0.29) is 18.7 Å². The van der Waals surface area contributed by atoms with Gasteiger partial charge in [0.25, 0.3) is 0 Å². The molecular formula is C16H18N4O4. The van der Waals surface area contributed by atoms with Crippen LogP contribution in [0.1, 0.15) is 18.7 Å². The molecule has 1 amide bonds. The van der Waals surface area contributed by atoms with Crippen LogP contribution in [-0.4, -0.2) is 47.4 Å². The van der Waals surface area contributed by atoms with Gasteiger partial charge in [-0.1, -0.05) is 5.16 Å². The van der Waals surface area contributed by atoms with Crippen molar-refractivity contribution in [1.82, 2.24) is 20.4 Å². The summed E-state index contributed by atoms with van der Waals surface area (Å²) in [5.41, 5.74) is 0.804. The molecule has 8 nitrogen and oxygen atoms in total. The summed E-state index contributed by atoms with van der Waals surface area (Å²) in [7, 11) is 1.66. The fourth-order valence-electron chi connectivity index (χ4n) is 3.12. The molecule has 2 aromatic rings. The van der Waals surface area contributed by atoms with E-state index >= 15 is 0 Å². The van der Waals surface area contributed by atoms with Gasteiger partial charge in [-0.15, -0.1) is 0 Å². The fraction of sp³-hybridized carbons (Fsp3) is 0.438. The molecule has 0 saturated carbocycles. The molecule has 0 aliphatic carbocycles. The van der Waals surface area contributed by atoms with Crippen molar-refractivity contribution in [2.75, 3.05) is 20.4 Å². The molecular weight excluding hydrogens is 312 g/mol. The van der Waals surface area contributed by atoms with Gasteiger partial charge in [0.05, 0.1) is 12.6 Å². The third-order valence-corrected chi connectivity index (χ3v) is 4.35. The minimum absolute atomic E-state index is 0.0306. The highest BCUT2D eigenvalue weighted by molar-refractivity contribution is 5.81. The Hall–Kier alpha value is -2.61. The lowest BCUT2D eigenvalue weighted by atomic mass is 10.2. The highest BCUT2D eigenvalue weighted by Gasteiger charge is 2.31. The molecule has 2 aliphatic heterocycles. The molecule has 126 valence electrons. The molecule has 0 radical (unpaired) electrons. The minimum atomic E-state index is -0.129. The molecule has 24 heavy (non-hydrogen) atoms. The van der Waals surface area contributed by atoms with Crippen molar-refractivity contribution in [3.8, 4) is 22.9 Å². The molecule has 0 spiro atoms. The van der Waals surface area contributed by atoms with Crippen molar-refractivity contribution in [1.29, 1.82) is 0 Å². The van der Waals surface area contributed by atoms with Crippen LogP contribution in [0.15, 0.2) is 22.7 Å². The van der Waals surface area contributed by atoms with E-state index < -0.39 is 0 Å². The molecule has 0 bridgehead atoms. The second-order valence-electron chi connectivity index (χ2n) is 5.82. The Morgan fingerprint density at radius 3 is 3.12 bits per heavy atom. The summed E-state index contributed by atoms with van der Waals surface area (Å²) in [6, 6.07) is 5.40. The van der Waals surface area contributed by atoms with Gasteiger partial charge in [-0.2, -0.15) is 4.98 Å². The van der Waals surface area contributed by atoms with Gasteiger partial charge in [-0.05, 0) is 37.6 Å². The van der Waals surface area contributed by atoms with Gasteiger partial charge in [-0.3, -0.25) is 9.69 Å². The second-order valence-corrected chi connectivity index (χ2v) is 5.82. The van der Waals surface area contributed by atoms with Crippen molar-refractivity contribution in [3.05, 3.63) is 24.1 Å². The van der Waals surface area contributed by atoms with Crippen LogP contribution in [-0.2, 0) is 11.3 Å². The first kappa shape index (κ1) is 14.9. The molecule has 1 N–H and O–H groups in total. The van der Waals surface area contributed by atoms with Gasteiger partial charge in [-0.25, -0.2) is 0 Å². The van der Waals surface area contributed by atoms with Crippen molar-refractivity contribution in [3.63, 3.8) is 0 Å². The quantitative estimate of drug-likeness (QED) is 0.900. The predicted octanol–water partition coefficient (Wildman–Crippen LogP) is 1.18. The van der Waals surface area contributed by atoms with E-state index in [2.05, 4.69) is 20.4 Å². The van der Waals surface area contributed by atoms with E-state index in [1.165, 1.54) is 0 Å². The average molecular weight is 330 g/mol. The largest absolute Gasteiger partial charge is 0.454 e. The number of likely N-dealkylation sites (N-methyl/N-ethyl adjacent to an activating group) is 1. The number of nitrogens with one attached hydrogen (secondary N) is 1. The zero-order valence-corrected chi connectivity index (χ0v) is 13.3. The average Bonchev–Trinajstić information content (AvgIpc) is 3.34. The van der Waals surface area contributed by atoms with Crippen molar-refractivity contribution >= 4 is 5.91 Å². The maximum Gasteiger partial charge on any atom is 0.241 e. The number of aromatic nitrogens is 2. The smallest absolute Gasteiger partial charge is 0.241 e. The summed E-state index contributed by atoms with van der Waals surface area (Å²) in [4.78, 5) is 18.4. The van der Waals surface area contributed by atoms with E-state index in [9.17, 15) is 4.79 Å². The monoisotopic (exact) mass is 330 g/mol. The van der Waals surface area contributed by atoms with Gasteiger partial charge >= 0.3 is 0 Å². The lowest BCUT2D eigenvalue weighted by Gasteiger charge is -2.20. The molecule has 8 heteroatoms. The Balaban J connectivity index is 1.50. The third kappa shape index (κ3) is 2.69. The van der Waals surface area contributed by atoms with E-state index in [0.29, 0.717) is 29.8 Å². The maximum absolute atomic E-state index is 11.9. The van der Waals surface area contributed by atoms with E-state index in [1.807, 2.05) is 18.2 Å². The summed E-state index contributed by atoms with van der Waals surface area (Å²) < 4.78 is 16.0. The molecule has 4 rings (SSSR count). The Kier molecular flexibility index (Phi) is 3.81. The van der Waals surface area contributed by atoms with E-state index in [0.717, 1.165) is 24.9 Å². The summed E-state index contributed by atoms with van der Waals surface area (Å²) in [6.07, 6.45) is 1.84. The van der Waals surface area contributed by atoms with Crippen LogP contribution in [0.3, 0.4) is 0 Å². The lowest BCUT2D eigenvalue weighted by molar-refractivity contribution is -0.125. The Morgan fingerprint density at radius 2 is 2.25 bits per heavy atom. The number of fused-ring (bicyclic) bond motifs is 1. The topological polar surface area (TPSA) is 89.7 Å². The van der Waals surface area contributed by atoms with Gasteiger partial charge < -0.3 is 19.3 Å². The number of hydrogen-bond acceptors (Lipinski definition) is 7. The van der Waals surface area contributed by atoms with Crippen molar-refractivity contribution < 1.29 is 18.8 Å². The number of rotatable bonds is 4. The Bertz CT molecular complexity index is 760. The molecule has 0 unspecified atom stereocenters. The Labute approximate surface area is 138 Å². The normalized spacial score (nSPS) is 19.6. The number of amides is 1. The molecule has 1 aromatic carbocycles. The standard InChI is InChI=1S/C16H18N4O4/c1-17-16(21)11-3-2-6-20(11)8-14-18-15(19-24-14)10-4-5-12-13(7-10)23-9-22-12/h4-5,7,11H,2-3,6,8-9H2,1H3,(H,17,21)/t11-/m1/s1. The van der Waals surface area contributed by atoms with Crippen LogP contribution < -0.4 is 14.8 Å². The third-order valence-electron chi connectivity index (χ3n) is 4.35. The van der Waals surface area contributed by atoms with Gasteiger partial charge in [0.15, 0.2) is 11.5 Å². The molecule has 1 atom stereocenters. The van der Waals surface area contributed by atoms with Crippen LogP contribution in [0.2, 0.25) is 0 Å². The summed E-state index contributed by atoms with van der Waals surface area (Å²) in [5.74, 6) is 2.42. The SMILES string of the molecule is CNC(=O)[C@H]1CCCN1Cc1nc(-c2ccc3c(c2)OCO3)no1. The number of nitrogens with zero attached hydrogens (tertiary/aromatic N) is 3. The van der Waals surface area contributed by atoms with Crippen LogP contribution >= 0.6 is 0 Å². The van der Waals surface area contributed by atoms with Crippen molar-refractivity contribution in [2.24, 2.45) is 0 Å². The molecule has 2 aliphatic rings. The predicted molar refractivity (Wildman–Crippen MR) is 83.4 cm³/mol. The van der Waals surface area contributed by atoms with Crippen LogP contribution in [0.4, 0.5) is 0 Å². The van der Waals surface area contributed by atoms with Gasteiger partial charge in [0.1, 0.15) is 0 Å². The number of ether oxygens (including phenoxy) is 2. The van der Waals surface area contributed by atoms with Crippen LogP contribution in [0.5, 0.6) is 11.5 Å². The highest BCUT2D eigenvalue weighted by Crippen LogP contribution is 2.35. The minimum Gasteiger partial charge on any atom is -0.454 e. The molecule has 3 heterocycles. The number of likely N-dealkylation sites (tertiary alicyclic amines) is 1. The van der Waals surface area contributed by atoms with Gasteiger partial charge in [0.2, 0.25) is 24.4 Å². The second kappa shape index (κ2) is 6.12. The van der Waals surface area contributed by atoms with Crippen molar-refractivity contribution in [2.45, 2.75) is 25.4 Å². The molecule has 1 aromatic heterocycles. The Morgan fingerprint density at radius 1 is 1.38 bits per heavy atom.